The summed E-state index contributed by atoms with van der Waals surface area (Å²) in [6.07, 6.45) is 7.82. The van der Waals surface area contributed by atoms with Crippen molar-refractivity contribution in [3.8, 4) is 0 Å². The van der Waals surface area contributed by atoms with Gasteiger partial charge in [-0.2, -0.15) is 0 Å². The second kappa shape index (κ2) is 9.52. The molecule has 138 valence electrons. The smallest absolute Gasteiger partial charge is 0.306 e. The zero-order chi connectivity index (χ0) is 17.5. The average Bonchev–Trinajstić information content (AvgIpc) is 2.68. The molecule has 0 bridgehead atoms. The third kappa shape index (κ3) is 5.55. The van der Waals surface area contributed by atoms with E-state index in [9.17, 15) is 14.3 Å². The topological polar surface area (TPSA) is 55.8 Å². The van der Waals surface area contributed by atoms with Crippen LogP contribution in [0.2, 0.25) is 0 Å². The third-order valence-corrected chi connectivity index (χ3v) is 5.15. The number of allylic oxidation sites excluding steroid dienone is 1. The molecule has 2 aliphatic rings. The minimum absolute atomic E-state index is 0.00511. The fourth-order valence-corrected chi connectivity index (χ4v) is 4.01. The maximum atomic E-state index is 12.4. The molecule has 1 saturated heterocycles. The predicted molar refractivity (Wildman–Crippen MR) is 90.3 cm³/mol. The number of esters is 1. The highest BCUT2D eigenvalue weighted by Gasteiger charge is 2.43. The van der Waals surface area contributed by atoms with Crippen LogP contribution in [0.4, 0.5) is 4.39 Å². The first kappa shape index (κ1) is 19.4. The Morgan fingerprint density at radius 3 is 2.92 bits per heavy atom. The van der Waals surface area contributed by atoms with E-state index >= 15 is 0 Å². The Hall–Kier alpha value is -0.940. The van der Waals surface area contributed by atoms with Crippen molar-refractivity contribution in [2.45, 2.75) is 70.7 Å². The van der Waals surface area contributed by atoms with Crippen LogP contribution in [0.1, 0.15) is 52.4 Å². The molecule has 0 unspecified atom stereocenters. The normalized spacial score (nSPS) is 33.6. The van der Waals surface area contributed by atoms with Gasteiger partial charge in [-0.3, -0.25) is 4.79 Å². The molecule has 0 spiro atoms. The molecule has 2 fully saturated rings. The first-order valence-corrected chi connectivity index (χ1v) is 9.23. The molecule has 0 aromatic heterocycles. The number of hydrogen-bond donors (Lipinski definition) is 1. The van der Waals surface area contributed by atoms with Gasteiger partial charge in [0.25, 0.3) is 0 Å². The number of fused-ring (bicyclic) bond motifs is 1. The highest BCUT2D eigenvalue weighted by molar-refractivity contribution is 5.69. The van der Waals surface area contributed by atoms with Crippen LogP contribution in [-0.2, 0) is 14.3 Å². The molecule has 1 aliphatic carbocycles. The molecule has 0 amide bonds. The van der Waals surface area contributed by atoms with Crippen LogP contribution in [0.15, 0.2) is 12.2 Å². The molecule has 0 radical (unpaired) electrons. The van der Waals surface area contributed by atoms with Crippen molar-refractivity contribution in [3.05, 3.63) is 12.2 Å². The van der Waals surface area contributed by atoms with Crippen molar-refractivity contribution in [2.24, 2.45) is 17.8 Å². The van der Waals surface area contributed by atoms with Crippen LogP contribution in [0.5, 0.6) is 0 Å². The Morgan fingerprint density at radius 1 is 1.42 bits per heavy atom. The van der Waals surface area contributed by atoms with E-state index in [1.807, 2.05) is 19.9 Å². The van der Waals surface area contributed by atoms with Gasteiger partial charge in [0.1, 0.15) is 6.67 Å². The monoisotopic (exact) mass is 342 g/mol. The average molecular weight is 342 g/mol. The summed E-state index contributed by atoms with van der Waals surface area (Å²) in [5.41, 5.74) is 0. The van der Waals surface area contributed by atoms with Crippen LogP contribution in [0.3, 0.4) is 0 Å². The SMILES string of the molecule is CC(C)OC(=O)CCC[C@H]1CC[C@@H]2[C@@H](/C=C/CF)[C@H](O)C[C@@H]2OC1. The van der Waals surface area contributed by atoms with Gasteiger partial charge in [-0.25, -0.2) is 4.39 Å². The molecule has 1 saturated carbocycles. The maximum Gasteiger partial charge on any atom is 0.306 e. The van der Waals surface area contributed by atoms with Gasteiger partial charge in [0.05, 0.1) is 18.3 Å². The zero-order valence-corrected chi connectivity index (χ0v) is 14.8. The Bertz CT molecular complexity index is 424. The van der Waals surface area contributed by atoms with E-state index in [4.69, 9.17) is 9.47 Å². The van der Waals surface area contributed by atoms with Gasteiger partial charge in [0, 0.05) is 25.4 Å². The largest absolute Gasteiger partial charge is 0.463 e. The van der Waals surface area contributed by atoms with Crippen molar-refractivity contribution in [1.29, 1.82) is 0 Å². The minimum Gasteiger partial charge on any atom is -0.463 e. The molecular weight excluding hydrogens is 311 g/mol. The molecule has 0 aromatic rings. The molecule has 4 nitrogen and oxygen atoms in total. The number of rotatable bonds is 7. The molecule has 2 rings (SSSR count). The summed E-state index contributed by atoms with van der Waals surface area (Å²) in [6.45, 7) is 3.92. The van der Waals surface area contributed by atoms with Crippen LogP contribution >= 0.6 is 0 Å². The summed E-state index contributed by atoms with van der Waals surface area (Å²) in [6, 6.07) is 0. The fraction of sp³-hybridized carbons (Fsp3) is 0.842. The van der Waals surface area contributed by atoms with E-state index < -0.39 is 12.8 Å². The van der Waals surface area contributed by atoms with Gasteiger partial charge in [-0.05, 0) is 51.4 Å². The van der Waals surface area contributed by atoms with E-state index in [0.717, 1.165) is 25.7 Å². The quantitative estimate of drug-likeness (QED) is 0.569. The van der Waals surface area contributed by atoms with E-state index in [2.05, 4.69) is 0 Å². The number of ether oxygens (including phenoxy) is 2. The Labute approximate surface area is 144 Å². The number of aliphatic hydroxyl groups excluding tert-OH is 1. The molecule has 5 heteroatoms. The van der Waals surface area contributed by atoms with Gasteiger partial charge in [-0.1, -0.05) is 12.2 Å². The minimum atomic E-state index is -0.490. The molecule has 0 aromatic carbocycles. The molecule has 1 N–H and O–H groups in total. The van der Waals surface area contributed by atoms with Crippen LogP contribution < -0.4 is 0 Å². The third-order valence-electron chi connectivity index (χ3n) is 5.15. The van der Waals surface area contributed by atoms with Crippen molar-refractivity contribution in [3.63, 3.8) is 0 Å². The number of carbonyl (C=O) groups excluding carboxylic acids is 1. The lowest BCUT2D eigenvalue weighted by atomic mass is 9.86. The first-order valence-electron chi connectivity index (χ1n) is 9.23. The number of alkyl halides is 1. The summed E-state index contributed by atoms with van der Waals surface area (Å²) in [4.78, 5) is 11.6. The molecule has 24 heavy (non-hydrogen) atoms. The second-order valence-electron chi connectivity index (χ2n) is 7.37. The standard InChI is InChI=1S/C19H31FO4/c1-13(2)24-19(22)7-3-5-14-8-9-16-15(6-4-10-20)17(21)11-18(16)23-12-14/h4,6,13-18,21H,3,5,7-12H2,1-2H3/b6-4+/t14-,15+,16+,17+,18-/m0/s1. The van der Waals surface area contributed by atoms with Gasteiger partial charge in [0.2, 0.25) is 0 Å². The number of hydrogen-bond acceptors (Lipinski definition) is 4. The Balaban J connectivity index is 1.77. The van der Waals surface area contributed by atoms with Gasteiger partial charge in [-0.15, -0.1) is 0 Å². The lowest BCUT2D eigenvalue weighted by Gasteiger charge is -2.20. The second-order valence-corrected chi connectivity index (χ2v) is 7.37. The van der Waals surface area contributed by atoms with Crippen molar-refractivity contribution >= 4 is 5.97 Å². The highest BCUT2D eigenvalue weighted by Crippen LogP contribution is 2.41. The Kier molecular flexibility index (Phi) is 7.69. The summed E-state index contributed by atoms with van der Waals surface area (Å²) in [7, 11) is 0. The Morgan fingerprint density at radius 2 is 2.21 bits per heavy atom. The van der Waals surface area contributed by atoms with Gasteiger partial charge >= 0.3 is 5.97 Å². The number of halogens is 1. The van der Waals surface area contributed by atoms with E-state index in [-0.39, 0.29) is 30.0 Å². The summed E-state index contributed by atoms with van der Waals surface area (Å²) in [5, 5.41) is 10.2. The van der Waals surface area contributed by atoms with Crippen LogP contribution in [-0.4, -0.2) is 42.7 Å². The number of carbonyl (C=O) groups is 1. The number of aliphatic hydroxyl groups is 1. The molecule has 1 heterocycles. The van der Waals surface area contributed by atoms with Crippen LogP contribution in [0.25, 0.3) is 0 Å². The van der Waals surface area contributed by atoms with E-state index in [1.54, 1.807) is 0 Å². The van der Waals surface area contributed by atoms with E-state index in [1.165, 1.54) is 6.08 Å². The highest BCUT2D eigenvalue weighted by atomic mass is 19.1. The van der Waals surface area contributed by atoms with Gasteiger partial charge in [0.15, 0.2) is 0 Å². The van der Waals surface area contributed by atoms with Crippen LogP contribution in [0, 0.1) is 17.8 Å². The summed E-state index contributed by atoms with van der Waals surface area (Å²) < 4.78 is 23.6. The fourth-order valence-electron chi connectivity index (χ4n) is 4.01. The zero-order valence-electron chi connectivity index (χ0n) is 14.8. The lowest BCUT2D eigenvalue weighted by molar-refractivity contribution is -0.147. The van der Waals surface area contributed by atoms with Gasteiger partial charge < -0.3 is 14.6 Å². The van der Waals surface area contributed by atoms with Crippen molar-refractivity contribution < 1.29 is 23.8 Å². The molecule has 1 aliphatic heterocycles. The predicted octanol–water partition coefficient (Wildman–Crippen LogP) is 3.43. The first-order chi connectivity index (χ1) is 11.5. The van der Waals surface area contributed by atoms with Crippen molar-refractivity contribution in [2.75, 3.05) is 13.3 Å². The summed E-state index contributed by atoms with van der Waals surface area (Å²) >= 11 is 0. The van der Waals surface area contributed by atoms with E-state index in [0.29, 0.717) is 25.4 Å². The summed E-state index contributed by atoms with van der Waals surface area (Å²) in [5.74, 6) is 0.602. The molecular formula is C19H31FO4. The maximum absolute atomic E-state index is 12.4. The lowest BCUT2D eigenvalue weighted by Crippen LogP contribution is -2.21. The molecule has 5 atom stereocenters. The van der Waals surface area contributed by atoms with Crippen molar-refractivity contribution in [1.82, 2.24) is 0 Å².